The van der Waals surface area contributed by atoms with Crippen molar-refractivity contribution in [1.82, 2.24) is 5.32 Å². The van der Waals surface area contributed by atoms with Gasteiger partial charge < -0.3 is 0 Å². The zero-order chi connectivity index (χ0) is 9.56. The Balaban J connectivity index is 3.79. The molecule has 0 spiro atoms. The van der Waals surface area contributed by atoms with E-state index >= 15 is 0 Å². The molecule has 0 aromatic rings. The number of hydrogen-bond acceptors (Lipinski definition) is 1. The van der Waals surface area contributed by atoms with Gasteiger partial charge in [0, 0.05) is 0 Å². The van der Waals surface area contributed by atoms with Crippen LogP contribution >= 0.6 is 0 Å². The molecule has 0 aromatic carbocycles. The Labute approximate surface area is 72.5 Å². The van der Waals surface area contributed by atoms with Gasteiger partial charge in [-0.25, -0.2) is 8.78 Å². The van der Waals surface area contributed by atoms with Crippen molar-refractivity contribution in [2.75, 3.05) is 0 Å². The lowest BCUT2D eigenvalue weighted by Gasteiger charge is -2.17. The molecule has 12 heavy (non-hydrogen) atoms. The van der Waals surface area contributed by atoms with Gasteiger partial charge in [-0.05, 0) is 13.3 Å². The van der Waals surface area contributed by atoms with E-state index in [1.165, 1.54) is 6.92 Å². The summed E-state index contributed by atoms with van der Waals surface area (Å²) < 4.78 is 24.1. The predicted molar refractivity (Wildman–Crippen MR) is 46.1 cm³/mol. The summed E-state index contributed by atoms with van der Waals surface area (Å²) in [6.07, 6.45) is 4.44. The van der Waals surface area contributed by atoms with E-state index in [1.54, 1.807) is 0 Å². The lowest BCUT2D eigenvalue weighted by atomic mass is 10.1. The van der Waals surface area contributed by atoms with Gasteiger partial charge in [0.2, 0.25) is 0 Å². The van der Waals surface area contributed by atoms with Gasteiger partial charge in [0.1, 0.15) is 0 Å². The van der Waals surface area contributed by atoms with E-state index in [9.17, 15) is 8.78 Å². The molecule has 0 heterocycles. The molecule has 2 unspecified atom stereocenters. The number of terminal acetylenes is 1. The Kier molecular flexibility index (Phi) is 5.65. The zero-order valence-electron chi connectivity index (χ0n) is 7.48. The van der Waals surface area contributed by atoms with Crippen LogP contribution in [-0.2, 0) is 0 Å². The second-order valence-corrected chi connectivity index (χ2v) is 2.80. The van der Waals surface area contributed by atoms with Crippen LogP contribution in [0.1, 0.15) is 26.7 Å². The van der Waals surface area contributed by atoms with Gasteiger partial charge in [0.05, 0.1) is 12.1 Å². The number of nitrogens with one attached hydrogen (secondary N) is 1. The molecule has 70 valence electrons. The number of halogens is 2. The largest absolute Gasteiger partial charge is 0.296 e. The van der Waals surface area contributed by atoms with Crippen molar-refractivity contribution in [3.8, 4) is 12.3 Å². The standard InChI is InChI=1S/C9H15F2N/c1-4-6-8(5-2)12-7(3)9(10)11/h2,7-9,12H,4,6H2,1,3H3. The van der Waals surface area contributed by atoms with E-state index in [1.807, 2.05) is 6.92 Å². The van der Waals surface area contributed by atoms with E-state index in [4.69, 9.17) is 6.42 Å². The van der Waals surface area contributed by atoms with Crippen LogP contribution in [-0.4, -0.2) is 18.5 Å². The van der Waals surface area contributed by atoms with Gasteiger partial charge in [-0.15, -0.1) is 6.42 Å². The molecule has 0 aliphatic carbocycles. The highest BCUT2D eigenvalue weighted by Crippen LogP contribution is 2.03. The molecule has 0 saturated carbocycles. The fraction of sp³-hybridized carbons (Fsp3) is 0.778. The first kappa shape index (κ1) is 11.4. The Morgan fingerprint density at radius 1 is 1.50 bits per heavy atom. The van der Waals surface area contributed by atoms with Crippen molar-refractivity contribution < 1.29 is 8.78 Å². The Morgan fingerprint density at radius 3 is 2.42 bits per heavy atom. The summed E-state index contributed by atoms with van der Waals surface area (Å²) in [6.45, 7) is 3.41. The lowest BCUT2D eigenvalue weighted by Crippen LogP contribution is -2.39. The minimum absolute atomic E-state index is 0.223. The van der Waals surface area contributed by atoms with Crippen molar-refractivity contribution in [2.45, 2.75) is 45.2 Å². The third kappa shape index (κ3) is 4.30. The first-order valence-corrected chi connectivity index (χ1v) is 4.12. The Morgan fingerprint density at radius 2 is 2.08 bits per heavy atom. The highest BCUT2D eigenvalue weighted by Gasteiger charge is 2.16. The number of hydrogen-bond donors (Lipinski definition) is 1. The molecule has 0 aliphatic heterocycles. The van der Waals surface area contributed by atoms with E-state index < -0.39 is 12.5 Å². The van der Waals surface area contributed by atoms with Gasteiger partial charge in [-0.3, -0.25) is 5.32 Å². The first-order valence-electron chi connectivity index (χ1n) is 4.12. The molecule has 0 radical (unpaired) electrons. The van der Waals surface area contributed by atoms with E-state index in [-0.39, 0.29) is 6.04 Å². The minimum atomic E-state index is -2.35. The van der Waals surface area contributed by atoms with Crippen molar-refractivity contribution in [3.05, 3.63) is 0 Å². The van der Waals surface area contributed by atoms with Crippen molar-refractivity contribution >= 4 is 0 Å². The number of alkyl halides is 2. The summed E-state index contributed by atoms with van der Waals surface area (Å²) in [6, 6.07) is -1.04. The SMILES string of the molecule is C#CC(CCC)NC(C)C(F)F. The van der Waals surface area contributed by atoms with Crippen molar-refractivity contribution in [2.24, 2.45) is 0 Å². The fourth-order valence-electron chi connectivity index (χ4n) is 0.894. The Bertz CT molecular complexity index is 151. The van der Waals surface area contributed by atoms with Gasteiger partial charge in [0.15, 0.2) is 0 Å². The quantitative estimate of drug-likeness (QED) is 0.630. The van der Waals surface area contributed by atoms with E-state index in [0.717, 1.165) is 12.8 Å². The molecule has 1 N–H and O–H groups in total. The van der Waals surface area contributed by atoms with Gasteiger partial charge in [0.25, 0.3) is 6.43 Å². The third-order valence-electron chi connectivity index (χ3n) is 1.62. The average Bonchev–Trinajstić information content (AvgIpc) is 2.03. The second-order valence-electron chi connectivity index (χ2n) is 2.80. The van der Waals surface area contributed by atoms with Crippen molar-refractivity contribution in [3.63, 3.8) is 0 Å². The molecular weight excluding hydrogens is 160 g/mol. The van der Waals surface area contributed by atoms with E-state index in [2.05, 4.69) is 11.2 Å². The van der Waals surface area contributed by atoms with Crippen LogP contribution in [0.5, 0.6) is 0 Å². The van der Waals surface area contributed by atoms with Gasteiger partial charge >= 0.3 is 0 Å². The van der Waals surface area contributed by atoms with Crippen LogP contribution in [0.3, 0.4) is 0 Å². The zero-order valence-corrected chi connectivity index (χ0v) is 7.48. The average molecular weight is 175 g/mol. The second kappa shape index (κ2) is 5.96. The lowest BCUT2D eigenvalue weighted by molar-refractivity contribution is 0.103. The topological polar surface area (TPSA) is 12.0 Å². The molecular formula is C9H15F2N. The summed E-state index contributed by atoms with van der Waals surface area (Å²) in [4.78, 5) is 0. The van der Waals surface area contributed by atoms with E-state index in [0.29, 0.717) is 0 Å². The number of rotatable bonds is 5. The molecule has 0 amide bonds. The van der Waals surface area contributed by atoms with Gasteiger partial charge in [-0.1, -0.05) is 19.3 Å². The molecule has 0 saturated heterocycles. The molecule has 0 aromatic heterocycles. The maximum Gasteiger partial charge on any atom is 0.253 e. The summed E-state index contributed by atoms with van der Waals surface area (Å²) in [5, 5.41) is 2.68. The summed E-state index contributed by atoms with van der Waals surface area (Å²) in [7, 11) is 0. The summed E-state index contributed by atoms with van der Waals surface area (Å²) >= 11 is 0. The molecule has 0 rings (SSSR count). The third-order valence-corrected chi connectivity index (χ3v) is 1.62. The summed E-state index contributed by atoms with van der Waals surface area (Å²) in [5.41, 5.74) is 0. The maximum absolute atomic E-state index is 12.0. The van der Waals surface area contributed by atoms with Crippen LogP contribution in [0, 0.1) is 12.3 Å². The maximum atomic E-state index is 12.0. The molecule has 3 heteroatoms. The normalized spacial score (nSPS) is 15.7. The van der Waals surface area contributed by atoms with Crippen molar-refractivity contribution in [1.29, 1.82) is 0 Å². The Hall–Kier alpha value is -0.620. The molecule has 0 aliphatic rings. The summed E-state index contributed by atoms with van der Waals surface area (Å²) in [5.74, 6) is 2.44. The van der Waals surface area contributed by atoms with Crippen LogP contribution in [0.25, 0.3) is 0 Å². The molecule has 2 atom stereocenters. The predicted octanol–water partition coefficient (Wildman–Crippen LogP) is 2.03. The molecule has 0 bridgehead atoms. The molecule has 0 fully saturated rings. The van der Waals surface area contributed by atoms with Crippen LogP contribution in [0.2, 0.25) is 0 Å². The molecule has 1 nitrogen and oxygen atoms in total. The van der Waals surface area contributed by atoms with Crippen LogP contribution in [0.4, 0.5) is 8.78 Å². The highest BCUT2D eigenvalue weighted by molar-refractivity contribution is 4.99. The smallest absolute Gasteiger partial charge is 0.253 e. The first-order chi connectivity index (χ1) is 5.61. The van der Waals surface area contributed by atoms with Gasteiger partial charge in [-0.2, -0.15) is 0 Å². The minimum Gasteiger partial charge on any atom is -0.296 e. The monoisotopic (exact) mass is 175 g/mol. The van der Waals surface area contributed by atoms with Crippen LogP contribution < -0.4 is 5.32 Å². The van der Waals surface area contributed by atoms with Crippen LogP contribution in [0.15, 0.2) is 0 Å². The highest BCUT2D eigenvalue weighted by atomic mass is 19.3. The fourth-order valence-corrected chi connectivity index (χ4v) is 0.894.